The predicted molar refractivity (Wildman–Crippen MR) is 97.0 cm³/mol. The van der Waals surface area contributed by atoms with Crippen molar-refractivity contribution in [1.29, 1.82) is 0 Å². The van der Waals surface area contributed by atoms with Gasteiger partial charge < -0.3 is 11.1 Å². The first-order valence-corrected chi connectivity index (χ1v) is 9.12. The minimum Gasteiger partial charge on any atom is -0.327 e. The van der Waals surface area contributed by atoms with E-state index in [-0.39, 0.29) is 25.2 Å². The normalized spacial score (nSPS) is 22.4. The molecule has 0 saturated carbocycles. The molecule has 1 unspecified atom stereocenters. The lowest BCUT2D eigenvalue weighted by Crippen LogP contribution is -2.35. The van der Waals surface area contributed by atoms with E-state index in [1.165, 1.54) is 6.20 Å². The zero-order valence-electron chi connectivity index (χ0n) is 15.6. The number of carbonyl (C=O) groups excluding carboxylic acids is 1. The lowest BCUT2D eigenvalue weighted by molar-refractivity contribution is -0.137. The molecule has 2 aromatic rings. The summed E-state index contributed by atoms with van der Waals surface area (Å²) in [6, 6.07) is 2.95. The molecule has 0 fully saturated rings. The highest BCUT2D eigenvalue weighted by atomic mass is 19.4. The summed E-state index contributed by atoms with van der Waals surface area (Å²) in [5.74, 6) is -3.06. The predicted octanol–water partition coefficient (Wildman–Crippen LogP) is 4.40. The van der Waals surface area contributed by atoms with Crippen molar-refractivity contribution >= 4 is 11.6 Å². The quantitative estimate of drug-likeness (QED) is 0.567. The second-order valence-corrected chi connectivity index (χ2v) is 7.38. The highest BCUT2D eigenvalue weighted by molar-refractivity contribution is 5.92. The van der Waals surface area contributed by atoms with Gasteiger partial charge in [-0.2, -0.15) is 17.6 Å². The second-order valence-electron chi connectivity index (χ2n) is 7.38. The number of hydrogen-bond donors (Lipinski definition) is 2. The van der Waals surface area contributed by atoms with E-state index >= 15 is 0 Å². The molecule has 1 aliphatic carbocycles. The fourth-order valence-electron chi connectivity index (χ4n) is 3.75. The number of rotatable bonds is 2. The first-order chi connectivity index (χ1) is 13.6. The number of alkyl halides is 3. The molecule has 3 atom stereocenters. The monoisotopic (exact) mass is 413 g/mol. The Labute approximate surface area is 164 Å². The third kappa shape index (κ3) is 4.72. The van der Waals surface area contributed by atoms with Crippen LogP contribution in [-0.2, 0) is 17.4 Å². The van der Waals surface area contributed by atoms with Gasteiger partial charge >= 0.3 is 6.18 Å². The van der Waals surface area contributed by atoms with E-state index in [0.717, 1.165) is 0 Å². The van der Waals surface area contributed by atoms with Crippen LogP contribution in [0.2, 0.25) is 0 Å². The first kappa shape index (κ1) is 21.2. The van der Waals surface area contributed by atoms with Gasteiger partial charge in [0, 0.05) is 23.7 Å². The standard InChI is InChI=1S/C20H20F5N3O/c1-10-6-11(7-13(26)9-15-14(10)4-5-27-18(15)22)19(29)28-17-8-12(20(23,24)25)2-3-16(17)21/h2-5,8,10-11,13H,6-7,9,26H2,1H3,(H,28,29)/t10-,11?,13+/m1/s1. The number of nitrogens with one attached hydrogen (secondary N) is 1. The lowest BCUT2D eigenvalue weighted by atomic mass is 9.80. The van der Waals surface area contributed by atoms with Crippen LogP contribution < -0.4 is 11.1 Å². The summed E-state index contributed by atoms with van der Waals surface area (Å²) < 4.78 is 66.7. The van der Waals surface area contributed by atoms with Crippen molar-refractivity contribution in [2.24, 2.45) is 11.7 Å². The molecule has 0 saturated heterocycles. The van der Waals surface area contributed by atoms with Crippen molar-refractivity contribution < 1.29 is 26.7 Å². The van der Waals surface area contributed by atoms with E-state index < -0.39 is 47.1 Å². The van der Waals surface area contributed by atoms with Gasteiger partial charge in [0.15, 0.2) is 0 Å². The Morgan fingerprint density at radius 3 is 2.62 bits per heavy atom. The van der Waals surface area contributed by atoms with Crippen molar-refractivity contribution in [2.45, 2.75) is 44.3 Å². The average molecular weight is 413 g/mol. The fraction of sp³-hybridized carbons (Fsp3) is 0.400. The number of fused-ring (bicyclic) bond motifs is 1. The fourth-order valence-corrected chi connectivity index (χ4v) is 3.75. The van der Waals surface area contributed by atoms with E-state index in [4.69, 9.17) is 5.73 Å². The summed E-state index contributed by atoms with van der Waals surface area (Å²) >= 11 is 0. The van der Waals surface area contributed by atoms with Gasteiger partial charge in [-0.1, -0.05) is 6.92 Å². The molecule has 1 aliphatic rings. The van der Waals surface area contributed by atoms with E-state index in [0.29, 0.717) is 29.3 Å². The van der Waals surface area contributed by atoms with Crippen LogP contribution in [0.5, 0.6) is 0 Å². The third-order valence-electron chi connectivity index (χ3n) is 5.18. The third-order valence-corrected chi connectivity index (χ3v) is 5.18. The first-order valence-electron chi connectivity index (χ1n) is 9.12. The summed E-state index contributed by atoms with van der Waals surface area (Å²) in [5, 5.41) is 2.26. The van der Waals surface area contributed by atoms with Gasteiger partial charge in [0.1, 0.15) is 5.82 Å². The molecule has 0 aliphatic heterocycles. The van der Waals surface area contributed by atoms with Gasteiger partial charge in [0.2, 0.25) is 11.9 Å². The summed E-state index contributed by atoms with van der Waals surface area (Å²) in [5.41, 5.74) is 5.57. The Bertz CT molecular complexity index is 915. The molecule has 9 heteroatoms. The van der Waals surface area contributed by atoms with Crippen molar-refractivity contribution in [2.75, 3.05) is 5.32 Å². The molecule has 1 aromatic heterocycles. The van der Waals surface area contributed by atoms with E-state index in [2.05, 4.69) is 10.3 Å². The van der Waals surface area contributed by atoms with Crippen LogP contribution in [0.3, 0.4) is 0 Å². The molecule has 0 bridgehead atoms. The molecule has 29 heavy (non-hydrogen) atoms. The molecular formula is C20H20F5N3O. The SMILES string of the molecule is C[C@@H]1CC(C(=O)Nc2cc(C(F)(F)F)ccc2F)C[C@H](N)Cc2c1ccnc2F. The Morgan fingerprint density at radius 1 is 1.21 bits per heavy atom. The lowest BCUT2D eigenvalue weighted by Gasteiger charge is -2.28. The largest absolute Gasteiger partial charge is 0.416 e. The van der Waals surface area contributed by atoms with Crippen LogP contribution in [0, 0.1) is 17.7 Å². The molecule has 3 N–H and O–H groups in total. The van der Waals surface area contributed by atoms with Crippen LogP contribution in [0.15, 0.2) is 30.5 Å². The minimum absolute atomic E-state index is 0.182. The van der Waals surface area contributed by atoms with Crippen molar-refractivity contribution in [3.8, 4) is 0 Å². The number of nitrogens with zero attached hydrogens (tertiary/aromatic N) is 1. The maximum absolute atomic E-state index is 14.1. The number of halogens is 5. The number of benzene rings is 1. The summed E-state index contributed by atoms with van der Waals surface area (Å²) in [4.78, 5) is 16.4. The molecule has 1 heterocycles. The van der Waals surface area contributed by atoms with Gasteiger partial charge in [-0.05, 0) is 55.0 Å². The van der Waals surface area contributed by atoms with E-state index in [1.807, 2.05) is 6.92 Å². The smallest absolute Gasteiger partial charge is 0.327 e. The highest BCUT2D eigenvalue weighted by Crippen LogP contribution is 2.35. The van der Waals surface area contributed by atoms with E-state index in [1.54, 1.807) is 6.07 Å². The Kier molecular flexibility index (Phi) is 5.88. The van der Waals surface area contributed by atoms with Crippen LogP contribution >= 0.6 is 0 Å². The summed E-state index contributed by atoms with van der Waals surface area (Å²) in [7, 11) is 0. The number of carbonyl (C=O) groups is 1. The highest BCUT2D eigenvalue weighted by Gasteiger charge is 2.33. The van der Waals surface area contributed by atoms with Gasteiger partial charge in [-0.15, -0.1) is 0 Å². The maximum atomic E-state index is 14.1. The molecule has 1 amide bonds. The molecule has 1 aromatic carbocycles. The summed E-state index contributed by atoms with van der Waals surface area (Å²) in [6.45, 7) is 1.82. The maximum Gasteiger partial charge on any atom is 0.416 e. The Balaban J connectivity index is 1.83. The van der Waals surface area contributed by atoms with Crippen LogP contribution in [0.4, 0.5) is 27.6 Å². The number of aromatic nitrogens is 1. The Morgan fingerprint density at radius 2 is 1.93 bits per heavy atom. The number of hydrogen-bond acceptors (Lipinski definition) is 3. The van der Waals surface area contributed by atoms with Gasteiger partial charge in [-0.3, -0.25) is 4.79 Å². The number of anilines is 1. The average Bonchev–Trinajstić information content (AvgIpc) is 2.62. The molecule has 0 spiro atoms. The topological polar surface area (TPSA) is 68.0 Å². The van der Waals surface area contributed by atoms with Gasteiger partial charge in [0.05, 0.1) is 11.3 Å². The molecule has 0 radical (unpaired) electrons. The number of pyridine rings is 1. The van der Waals surface area contributed by atoms with Gasteiger partial charge in [-0.25, -0.2) is 9.37 Å². The molecular weight excluding hydrogens is 393 g/mol. The zero-order chi connectivity index (χ0) is 21.3. The number of amides is 1. The minimum atomic E-state index is -4.66. The van der Waals surface area contributed by atoms with Crippen LogP contribution in [0.1, 0.15) is 42.4 Å². The van der Waals surface area contributed by atoms with Crippen LogP contribution in [0.25, 0.3) is 0 Å². The number of nitrogens with two attached hydrogens (primary N) is 1. The summed E-state index contributed by atoms with van der Waals surface area (Å²) in [6.07, 6.45) is -2.67. The molecule has 4 nitrogen and oxygen atoms in total. The zero-order valence-corrected chi connectivity index (χ0v) is 15.6. The van der Waals surface area contributed by atoms with Crippen molar-refractivity contribution in [1.82, 2.24) is 4.98 Å². The second kappa shape index (κ2) is 8.06. The molecule has 3 rings (SSSR count). The molecule has 156 valence electrons. The van der Waals surface area contributed by atoms with Crippen LogP contribution in [-0.4, -0.2) is 16.9 Å². The Hall–Kier alpha value is -2.55. The van der Waals surface area contributed by atoms with Crippen molar-refractivity contribution in [3.63, 3.8) is 0 Å². The van der Waals surface area contributed by atoms with E-state index in [9.17, 15) is 26.7 Å². The van der Waals surface area contributed by atoms with Gasteiger partial charge in [0.25, 0.3) is 0 Å². The van der Waals surface area contributed by atoms with Crippen molar-refractivity contribution in [3.05, 3.63) is 58.9 Å².